The normalized spacial score (nSPS) is 19.1. The number of hydrogen-bond acceptors (Lipinski definition) is 4. The summed E-state index contributed by atoms with van der Waals surface area (Å²) in [5.74, 6) is 0.0392. The van der Waals surface area contributed by atoms with Gasteiger partial charge in [-0.1, -0.05) is 24.1 Å². The highest BCUT2D eigenvalue weighted by Crippen LogP contribution is 2.37. The molecular weight excluding hydrogens is 342 g/mol. The average Bonchev–Trinajstić information content (AvgIpc) is 2.63. The Morgan fingerprint density at radius 3 is 2.84 bits per heavy atom. The van der Waals surface area contributed by atoms with Gasteiger partial charge in [0.25, 0.3) is 5.91 Å². The first-order valence-corrected chi connectivity index (χ1v) is 9.16. The van der Waals surface area contributed by atoms with Crippen LogP contribution >= 0.6 is 11.6 Å². The van der Waals surface area contributed by atoms with Gasteiger partial charge in [0.2, 0.25) is 5.91 Å². The van der Waals surface area contributed by atoms with Gasteiger partial charge in [0.1, 0.15) is 6.54 Å². The van der Waals surface area contributed by atoms with Gasteiger partial charge in [-0.3, -0.25) is 19.4 Å². The van der Waals surface area contributed by atoms with Crippen LogP contribution in [0.2, 0.25) is 5.02 Å². The van der Waals surface area contributed by atoms with Crippen LogP contribution in [-0.2, 0) is 9.59 Å². The second-order valence-corrected chi connectivity index (χ2v) is 7.01. The van der Waals surface area contributed by atoms with Gasteiger partial charge < -0.3 is 10.1 Å². The number of carbonyl (C=O) groups is 2. The number of likely N-dealkylation sites (tertiary alicyclic amines) is 1. The molecule has 25 heavy (non-hydrogen) atoms. The second kappa shape index (κ2) is 8.06. The van der Waals surface area contributed by atoms with Crippen LogP contribution in [0.1, 0.15) is 26.2 Å². The molecule has 3 rings (SSSR count). The number of rotatable bonds is 5. The Hall–Kier alpha value is -1.79. The molecule has 1 atom stereocenters. The maximum atomic E-state index is 12.3. The number of piperidine rings is 1. The number of nitrogens with zero attached hydrogens (tertiary/aromatic N) is 2. The molecule has 0 radical (unpaired) electrons. The molecule has 1 aromatic carbocycles. The Balaban J connectivity index is 1.57. The first-order valence-electron chi connectivity index (χ1n) is 8.78. The number of amides is 2. The maximum absolute atomic E-state index is 12.3. The molecule has 0 saturated carbocycles. The Bertz CT molecular complexity index is 646. The first-order chi connectivity index (χ1) is 12.1. The van der Waals surface area contributed by atoms with Crippen molar-refractivity contribution in [2.24, 2.45) is 0 Å². The number of fused-ring (bicyclic) bond motifs is 1. The standard InChI is InChI=1S/C18H24ClN3O3/c1-13(21-8-3-2-4-9-21)10-20-16(23)11-22-15-7-5-6-14(19)18(15)25-12-17(22)24/h5-7,13H,2-4,8-12H2,1H3,(H,20,23)/t13-/m0/s1. The summed E-state index contributed by atoms with van der Waals surface area (Å²) in [5.41, 5.74) is 0.544. The number of nitrogens with one attached hydrogen (secondary N) is 1. The summed E-state index contributed by atoms with van der Waals surface area (Å²) in [5, 5.41) is 3.38. The number of anilines is 1. The third-order valence-corrected chi connectivity index (χ3v) is 5.09. The van der Waals surface area contributed by atoms with E-state index in [0.29, 0.717) is 29.0 Å². The van der Waals surface area contributed by atoms with E-state index in [-0.39, 0.29) is 25.0 Å². The number of carbonyl (C=O) groups excluding carboxylic acids is 2. The minimum atomic E-state index is -0.242. The highest BCUT2D eigenvalue weighted by molar-refractivity contribution is 6.32. The van der Waals surface area contributed by atoms with Crippen molar-refractivity contribution >= 4 is 29.1 Å². The Morgan fingerprint density at radius 1 is 1.32 bits per heavy atom. The van der Waals surface area contributed by atoms with Crippen molar-refractivity contribution in [2.75, 3.05) is 37.7 Å². The van der Waals surface area contributed by atoms with E-state index in [2.05, 4.69) is 17.1 Å². The number of benzene rings is 1. The largest absolute Gasteiger partial charge is 0.480 e. The minimum absolute atomic E-state index is 0.0255. The van der Waals surface area contributed by atoms with E-state index in [0.717, 1.165) is 13.1 Å². The van der Waals surface area contributed by atoms with Gasteiger partial charge in [0.15, 0.2) is 12.4 Å². The smallest absolute Gasteiger partial charge is 0.265 e. The van der Waals surface area contributed by atoms with Gasteiger partial charge in [0, 0.05) is 12.6 Å². The van der Waals surface area contributed by atoms with Crippen molar-refractivity contribution in [2.45, 2.75) is 32.2 Å². The van der Waals surface area contributed by atoms with Crippen LogP contribution in [0.5, 0.6) is 5.75 Å². The molecule has 1 aromatic rings. The number of hydrogen-bond donors (Lipinski definition) is 1. The molecule has 0 unspecified atom stereocenters. The van der Waals surface area contributed by atoms with Crippen LogP contribution in [0.15, 0.2) is 18.2 Å². The fraction of sp³-hybridized carbons (Fsp3) is 0.556. The number of halogens is 1. The van der Waals surface area contributed by atoms with Crippen LogP contribution in [0.4, 0.5) is 5.69 Å². The van der Waals surface area contributed by atoms with Crippen LogP contribution < -0.4 is 15.0 Å². The lowest BCUT2D eigenvalue weighted by Gasteiger charge is -2.33. The molecule has 1 N–H and O–H groups in total. The van der Waals surface area contributed by atoms with Crippen molar-refractivity contribution in [1.82, 2.24) is 10.2 Å². The van der Waals surface area contributed by atoms with Gasteiger partial charge >= 0.3 is 0 Å². The third kappa shape index (κ3) is 4.25. The Morgan fingerprint density at radius 2 is 2.08 bits per heavy atom. The average molecular weight is 366 g/mol. The predicted octanol–water partition coefficient (Wildman–Crippen LogP) is 2.06. The molecule has 0 bridgehead atoms. The van der Waals surface area contributed by atoms with Crippen molar-refractivity contribution < 1.29 is 14.3 Å². The molecule has 0 spiro atoms. The van der Waals surface area contributed by atoms with Crippen LogP contribution in [0.25, 0.3) is 0 Å². The van der Waals surface area contributed by atoms with E-state index in [9.17, 15) is 9.59 Å². The summed E-state index contributed by atoms with van der Waals surface area (Å²) >= 11 is 6.11. The molecule has 2 aliphatic rings. The zero-order valence-corrected chi connectivity index (χ0v) is 15.2. The van der Waals surface area contributed by atoms with Crippen molar-refractivity contribution in [3.63, 3.8) is 0 Å². The quantitative estimate of drug-likeness (QED) is 0.867. The molecule has 136 valence electrons. The van der Waals surface area contributed by atoms with Crippen molar-refractivity contribution in [1.29, 1.82) is 0 Å². The molecular formula is C18H24ClN3O3. The van der Waals surface area contributed by atoms with Gasteiger partial charge in [-0.2, -0.15) is 0 Å². The summed E-state index contributed by atoms with van der Waals surface area (Å²) in [6.07, 6.45) is 3.73. The van der Waals surface area contributed by atoms with E-state index < -0.39 is 0 Å². The fourth-order valence-electron chi connectivity index (χ4n) is 3.32. The van der Waals surface area contributed by atoms with Gasteiger partial charge in [0.05, 0.1) is 10.7 Å². The zero-order chi connectivity index (χ0) is 17.8. The maximum Gasteiger partial charge on any atom is 0.265 e. The minimum Gasteiger partial charge on any atom is -0.480 e. The fourth-order valence-corrected chi connectivity index (χ4v) is 3.55. The summed E-state index contributed by atoms with van der Waals surface area (Å²) in [7, 11) is 0. The lowest BCUT2D eigenvalue weighted by atomic mass is 10.1. The van der Waals surface area contributed by atoms with E-state index in [1.54, 1.807) is 18.2 Å². The van der Waals surface area contributed by atoms with E-state index >= 15 is 0 Å². The molecule has 1 saturated heterocycles. The van der Waals surface area contributed by atoms with Gasteiger partial charge in [-0.25, -0.2) is 0 Å². The molecule has 2 aliphatic heterocycles. The topological polar surface area (TPSA) is 61.9 Å². The lowest BCUT2D eigenvalue weighted by Crippen LogP contribution is -2.48. The van der Waals surface area contributed by atoms with E-state index in [1.165, 1.54) is 24.2 Å². The zero-order valence-electron chi connectivity index (χ0n) is 14.5. The van der Waals surface area contributed by atoms with Gasteiger partial charge in [-0.15, -0.1) is 0 Å². The summed E-state index contributed by atoms with van der Waals surface area (Å²) in [6.45, 7) is 4.76. The van der Waals surface area contributed by atoms with Crippen molar-refractivity contribution in [3.05, 3.63) is 23.2 Å². The van der Waals surface area contributed by atoms with Crippen molar-refractivity contribution in [3.8, 4) is 5.75 Å². The van der Waals surface area contributed by atoms with E-state index in [1.807, 2.05) is 0 Å². The monoisotopic (exact) mass is 365 g/mol. The second-order valence-electron chi connectivity index (χ2n) is 6.61. The first kappa shape index (κ1) is 18.0. The molecule has 2 amide bonds. The molecule has 6 nitrogen and oxygen atoms in total. The molecule has 1 fully saturated rings. The van der Waals surface area contributed by atoms with Crippen LogP contribution in [0.3, 0.4) is 0 Å². The third-order valence-electron chi connectivity index (χ3n) is 4.79. The summed E-state index contributed by atoms with van der Waals surface area (Å²) < 4.78 is 5.39. The molecule has 0 aromatic heterocycles. The SMILES string of the molecule is C[C@@H](CNC(=O)CN1C(=O)COc2c(Cl)cccc21)N1CCCCC1. The van der Waals surface area contributed by atoms with Crippen LogP contribution in [0, 0.1) is 0 Å². The summed E-state index contributed by atoms with van der Waals surface area (Å²) in [6, 6.07) is 5.48. The van der Waals surface area contributed by atoms with Gasteiger partial charge in [-0.05, 0) is 45.0 Å². The Kier molecular flexibility index (Phi) is 5.81. The molecule has 7 heteroatoms. The Labute approximate surface area is 153 Å². The van der Waals surface area contributed by atoms with Crippen LogP contribution in [-0.4, -0.2) is 55.5 Å². The predicted molar refractivity (Wildman–Crippen MR) is 97.2 cm³/mol. The molecule has 2 heterocycles. The number of para-hydroxylation sites is 1. The summed E-state index contributed by atoms with van der Waals surface area (Å²) in [4.78, 5) is 28.3. The lowest BCUT2D eigenvalue weighted by molar-refractivity contribution is -0.125. The van der Waals surface area contributed by atoms with E-state index in [4.69, 9.17) is 16.3 Å². The highest BCUT2D eigenvalue weighted by atomic mass is 35.5. The highest BCUT2D eigenvalue weighted by Gasteiger charge is 2.28. The number of ether oxygens (including phenoxy) is 1. The molecule has 0 aliphatic carbocycles.